The smallest absolute Gasteiger partial charge is 0.412 e. The van der Waals surface area contributed by atoms with Crippen LogP contribution in [0.15, 0.2) is 30.3 Å². The molecule has 2 atom stereocenters. The maximum absolute atomic E-state index is 12.7. The van der Waals surface area contributed by atoms with E-state index in [2.05, 4.69) is 13.8 Å². The quantitative estimate of drug-likeness (QED) is 0.423. The Morgan fingerprint density at radius 2 is 1.58 bits per heavy atom. The Balaban J connectivity index is 0.000000554. The summed E-state index contributed by atoms with van der Waals surface area (Å²) < 4.78 is 21.8. The van der Waals surface area contributed by atoms with Crippen molar-refractivity contribution in [3.05, 3.63) is 35.9 Å². The first-order chi connectivity index (χ1) is 18.2. The van der Waals surface area contributed by atoms with Gasteiger partial charge in [-0.25, -0.2) is 4.79 Å². The maximum Gasteiger partial charge on any atom is 0.412 e. The molecule has 0 N–H and O–H groups in total. The van der Waals surface area contributed by atoms with Gasteiger partial charge >= 0.3 is 6.09 Å². The Labute approximate surface area is 228 Å². The van der Waals surface area contributed by atoms with E-state index in [0.29, 0.717) is 39.1 Å². The summed E-state index contributed by atoms with van der Waals surface area (Å²) in [6, 6.07) is 9.55. The van der Waals surface area contributed by atoms with Crippen LogP contribution >= 0.6 is 0 Å². The van der Waals surface area contributed by atoms with Crippen LogP contribution in [0.2, 0.25) is 0 Å². The van der Waals surface area contributed by atoms with Crippen LogP contribution in [0.3, 0.4) is 0 Å². The maximum atomic E-state index is 12.7. The van der Waals surface area contributed by atoms with Gasteiger partial charge in [-0.1, -0.05) is 58.0 Å². The van der Waals surface area contributed by atoms with E-state index in [-0.39, 0.29) is 30.4 Å². The Bertz CT molecular complexity index is 789. The predicted molar refractivity (Wildman–Crippen MR) is 147 cm³/mol. The first kappa shape index (κ1) is 33.5. The van der Waals surface area contributed by atoms with Crippen LogP contribution in [0.1, 0.15) is 66.4 Å². The number of morpholine rings is 1. The minimum atomic E-state index is -0.767. The Hall–Kier alpha value is -2.49. The first-order valence-electron chi connectivity index (χ1n) is 13.7. The molecule has 9 nitrogen and oxygen atoms in total. The SMILES string of the molecule is CC(C)=O.CC(C)CC(=O)N1CO[C@@H](OC(=O)N2CCOCC2)[C@@H]1Cc1ccccc1.CCCOCCC. The molecule has 2 aliphatic heterocycles. The zero-order valence-electron chi connectivity index (χ0n) is 24.1. The van der Waals surface area contributed by atoms with E-state index in [4.69, 9.17) is 18.9 Å². The number of amides is 2. The molecule has 9 heteroatoms. The molecule has 0 aliphatic carbocycles. The number of ether oxygens (including phenoxy) is 4. The lowest BCUT2D eigenvalue weighted by molar-refractivity contribution is -0.134. The average Bonchev–Trinajstić information content (AvgIpc) is 3.27. The van der Waals surface area contributed by atoms with Gasteiger partial charge in [0.1, 0.15) is 18.6 Å². The number of hydrogen-bond acceptors (Lipinski definition) is 7. The summed E-state index contributed by atoms with van der Waals surface area (Å²) in [5, 5.41) is 0. The van der Waals surface area contributed by atoms with Crippen LogP contribution in [0, 0.1) is 5.92 Å². The molecule has 2 aliphatic rings. The third-order valence-corrected chi connectivity index (χ3v) is 5.47. The van der Waals surface area contributed by atoms with Crippen LogP contribution < -0.4 is 0 Å². The lowest BCUT2D eigenvalue weighted by Gasteiger charge is -2.30. The number of carbonyl (C=O) groups is 3. The molecule has 0 unspecified atom stereocenters. The molecule has 0 spiro atoms. The zero-order chi connectivity index (χ0) is 28.3. The number of hydrogen-bond donors (Lipinski definition) is 0. The van der Waals surface area contributed by atoms with Gasteiger partial charge in [-0.15, -0.1) is 0 Å². The fourth-order valence-electron chi connectivity index (χ4n) is 3.72. The van der Waals surface area contributed by atoms with Crippen molar-refractivity contribution in [3.8, 4) is 0 Å². The van der Waals surface area contributed by atoms with Gasteiger partial charge in [-0.3, -0.25) is 4.79 Å². The van der Waals surface area contributed by atoms with Crippen molar-refractivity contribution < 1.29 is 33.3 Å². The molecule has 1 aromatic carbocycles. The van der Waals surface area contributed by atoms with Gasteiger partial charge in [0.15, 0.2) is 0 Å². The van der Waals surface area contributed by atoms with Crippen molar-refractivity contribution >= 4 is 17.8 Å². The van der Waals surface area contributed by atoms with Crippen molar-refractivity contribution in [1.29, 1.82) is 0 Å². The molecule has 0 radical (unpaired) electrons. The highest BCUT2D eigenvalue weighted by atomic mass is 16.7. The molecule has 38 heavy (non-hydrogen) atoms. The third kappa shape index (κ3) is 13.9. The van der Waals surface area contributed by atoms with Crippen molar-refractivity contribution in [2.24, 2.45) is 5.92 Å². The summed E-state index contributed by atoms with van der Waals surface area (Å²) >= 11 is 0. The Kier molecular flexibility index (Phi) is 17.3. The van der Waals surface area contributed by atoms with E-state index in [9.17, 15) is 14.4 Å². The van der Waals surface area contributed by atoms with Gasteiger partial charge in [-0.2, -0.15) is 0 Å². The van der Waals surface area contributed by atoms with Gasteiger partial charge in [0.25, 0.3) is 0 Å². The second-order valence-corrected chi connectivity index (χ2v) is 9.89. The number of carbonyl (C=O) groups excluding carboxylic acids is 3. The summed E-state index contributed by atoms with van der Waals surface area (Å²) in [4.78, 5) is 37.9. The van der Waals surface area contributed by atoms with Crippen LogP contribution in [0.5, 0.6) is 0 Å². The average molecular weight is 537 g/mol. The first-order valence-corrected chi connectivity index (χ1v) is 13.7. The van der Waals surface area contributed by atoms with E-state index in [1.54, 1.807) is 9.80 Å². The second-order valence-electron chi connectivity index (χ2n) is 9.89. The van der Waals surface area contributed by atoms with Crippen LogP contribution in [-0.4, -0.2) is 86.2 Å². The molecule has 3 rings (SSSR count). The number of benzene rings is 1. The van der Waals surface area contributed by atoms with E-state index in [0.717, 1.165) is 31.6 Å². The minimum absolute atomic E-state index is 0.0239. The molecule has 0 saturated carbocycles. The van der Waals surface area contributed by atoms with E-state index in [1.165, 1.54) is 13.8 Å². The minimum Gasteiger partial charge on any atom is -0.417 e. The van der Waals surface area contributed by atoms with Crippen LogP contribution in [-0.2, 0) is 35.0 Å². The molecule has 1 aromatic rings. The van der Waals surface area contributed by atoms with Gasteiger partial charge < -0.3 is 33.5 Å². The number of rotatable bonds is 9. The number of ketones is 1. The van der Waals surface area contributed by atoms with Crippen molar-refractivity contribution in [3.63, 3.8) is 0 Å². The molecule has 2 heterocycles. The largest absolute Gasteiger partial charge is 0.417 e. The van der Waals surface area contributed by atoms with E-state index >= 15 is 0 Å². The van der Waals surface area contributed by atoms with Crippen LogP contribution in [0.4, 0.5) is 4.79 Å². The normalized spacial score (nSPS) is 18.7. The van der Waals surface area contributed by atoms with Crippen LogP contribution in [0.25, 0.3) is 0 Å². The molecule has 0 bridgehead atoms. The lowest BCUT2D eigenvalue weighted by Crippen LogP contribution is -2.46. The summed E-state index contributed by atoms with van der Waals surface area (Å²) in [6.07, 6.45) is 2.11. The topological polar surface area (TPSA) is 94.6 Å². The molecular formula is C29H48N2O7. The summed E-state index contributed by atoms with van der Waals surface area (Å²) in [5.74, 6) is 0.445. The lowest BCUT2D eigenvalue weighted by atomic mass is 10.0. The molecule has 2 amide bonds. The van der Waals surface area contributed by atoms with Gasteiger partial charge in [0, 0.05) is 32.7 Å². The van der Waals surface area contributed by atoms with Gasteiger partial charge in [0.05, 0.1) is 13.2 Å². The number of nitrogens with zero attached hydrogens (tertiary/aromatic N) is 2. The van der Waals surface area contributed by atoms with Gasteiger partial charge in [-0.05, 0) is 44.6 Å². The highest BCUT2D eigenvalue weighted by molar-refractivity contribution is 5.77. The molecule has 2 saturated heterocycles. The highest BCUT2D eigenvalue weighted by Gasteiger charge is 2.41. The standard InChI is InChI=1S/C20H28N2O5.C6H14O.C3H6O/c1-15(2)12-18(23)22-14-26-19(17(22)13-16-6-4-3-5-7-16)27-20(24)21-8-10-25-11-9-21;1-3-5-7-6-4-2;1-3(2)4/h3-7,15,17,19H,8-14H2,1-2H3;3-6H2,1-2H3;1-2H3/t17-,19-;;/m0../s1. The molecule has 2 fully saturated rings. The second kappa shape index (κ2) is 19.6. The monoisotopic (exact) mass is 536 g/mol. The summed E-state index contributed by atoms with van der Waals surface area (Å²) in [7, 11) is 0. The zero-order valence-corrected chi connectivity index (χ0v) is 24.1. The van der Waals surface area contributed by atoms with Crippen molar-refractivity contribution in [2.75, 3.05) is 46.2 Å². The third-order valence-electron chi connectivity index (χ3n) is 5.47. The predicted octanol–water partition coefficient (Wildman–Crippen LogP) is 4.67. The van der Waals surface area contributed by atoms with E-state index < -0.39 is 12.4 Å². The Morgan fingerprint density at radius 3 is 2.11 bits per heavy atom. The summed E-state index contributed by atoms with van der Waals surface area (Å²) in [6.45, 7) is 15.3. The van der Waals surface area contributed by atoms with Gasteiger partial charge in [0.2, 0.25) is 12.2 Å². The van der Waals surface area contributed by atoms with Crippen molar-refractivity contribution in [2.45, 2.75) is 79.6 Å². The highest BCUT2D eigenvalue weighted by Crippen LogP contribution is 2.25. The molecular weight excluding hydrogens is 488 g/mol. The molecule has 0 aromatic heterocycles. The fraction of sp³-hybridized carbons (Fsp3) is 0.690. The summed E-state index contributed by atoms with van der Waals surface area (Å²) in [5.41, 5.74) is 1.07. The Morgan fingerprint density at radius 1 is 1.00 bits per heavy atom. The van der Waals surface area contributed by atoms with E-state index in [1.807, 2.05) is 44.2 Å². The number of Topliss-reactive ketones (excluding diaryl/α,β-unsaturated/α-hetero) is 1. The molecule has 216 valence electrons. The van der Waals surface area contributed by atoms with Crippen molar-refractivity contribution in [1.82, 2.24) is 9.80 Å². The fourth-order valence-corrected chi connectivity index (χ4v) is 3.72.